The van der Waals surface area contributed by atoms with E-state index in [0.29, 0.717) is 17.0 Å². The lowest BCUT2D eigenvalue weighted by Gasteiger charge is -2.07. The third-order valence-corrected chi connectivity index (χ3v) is 2.78. The quantitative estimate of drug-likeness (QED) is 0.882. The van der Waals surface area contributed by atoms with E-state index in [9.17, 15) is 9.90 Å². The molecule has 2 aromatic rings. The van der Waals surface area contributed by atoms with Crippen molar-refractivity contribution in [3.63, 3.8) is 0 Å². The monoisotopic (exact) mass is 282 g/mol. The number of phenolic OH excluding ortho intramolecular Hbond substituents is 1. The van der Waals surface area contributed by atoms with Gasteiger partial charge in [-0.15, -0.1) is 0 Å². The summed E-state index contributed by atoms with van der Waals surface area (Å²) < 4.78 is 5.12. The summed E-state index contributed by atoms with van der Waals surface area (Å²) in [5.41, 5.74) is 1.20. The molecule has 0 radical (unpaired) electrons. The van der Waals surface area contributed by atoms with Gasteiger partial charge >= 0.3 is 0 Å². The minimum atomic E-state index is -0.220. The van der Waals surface area contributed by atoms with Gasteiger partial charge in [0.15, 0.2) is 6.61 Å². The molecule has 5 nitrogen and oxygen atoms in total. The maximum absolute atomic E-state index is 11.9. The SMILES string of the molecule is N#CCOc1ccc(NC(=O)Cc2ccccc2O)cc1. The number of anilines is 1. The summed E-state index contributed by atoms with van der Waals surface area (Å²) >= 11 is 0. The first-order valence-electron chi connectivity index (χ1n) is 6.35. The lowest BCUT2D eigenvalue weighted by atomic mass is 10.1. The molecule has 5 heteroatoms. The van der Waals surface area contributed by atoms with Crippen LogP contribution in [-0.2, 0) is 11.2 Å². The summed E-state index contributed by atoms with van der Waals surface area (Å²) in [7, 11) is 0. The lowest BCUT2D eigenvalue weighted by Crippen LogP contribution is -2.14. The molecule has 0 aliphatic carbocycles. The fraction of sp³-hybridized carbons (Fsp3) is 0.125. The van der Waals surface area contributed by atoms with E-state index in [2.05, 4.69) is 5.32 Å². The smallest absolute Gasteiger partial charge is 0.228 e. The molecule has 0 saturated carbocycles. The molecule has 0 heterocycles. The molecule has 21 heavy (non-hydrogen) atoms. The number of nitrogens with zero attached hydrogens (tertiary/aromatic N) is 1. The van der Waals surface area contributed by atoms with Gasteiger partial charge in [0.2, 0.25) is 5.91 Å². The average molecular weight is 282 g/mol. The van der Waals surface area contributed by atoms with Crippen LogP contribution < -0.4 is 10.1 Å². The zero-order valence-corrected chi connectivity index (χ0v) is 11.2. The number of nitriles is 1. The Morgan fingerprint density at radius 1 is 1.19 bits per heavy atom. The Morgan fingerprint density at radius 2 is 1.90 bits per heavy atom. The van der Waals surface area contributed by atoms with Crippen LogP contribution in [0, 0.1) is 11.3 Å². The standard InChI is InChI=1S/C16H14N2O3/c17-9-10-21-14-7-5-13(6-8-14)18-16(20)11-12-3-1-2-4-15(12)19/h1-8,19H,10-11H2,(H,18,20). The second-order valence-electron chi connectivity index (χ2n) is 4.32. The van der Waals surface area contributed by atoms with E-state index in [0.717, 1.165) is 0 Å². The number of benzene rings is 2. The Hall–Kier alpha value is -3.00. The number of amides is 1. The van der Waals surface area contributed by atoms with Crippen molar-refractivity contribution in [2.24, 2.45) is 0 Å². The highest BCUT2D eigenvalue weighted by molar-refractivity contribution is 5.92. The average Bonchev–Trinajstić information content (AvgIpc) is 2.49. The highest BCUT2D eigenvalue weighted by Crippen LogP contribution is 2.18. The maximum atomic E-state index is 11.9. The van der Waals surface area contributed by atoms with Crippen LogP contribution in [0.5, 0.6) is 11.5 Å². The summed E-state index contributed by atoms with van der Waals surface area (Å²) in [5.74, 6) is 0.449. The predicted molar refractivity (Wildman–Crippen MR) is 78.0 cm³/mol. The normalized spacial score (nSPS) is 9.67. The van der Waals surface area contributed by atoms with Gasteiger partial charge in [0.25, 0.3) is 0 Å². The molecule has 2 N–H and O–H groups in total. The number of phenols is 1. The highest BCUT2D eigenvalue weighted by Gasteiger charge is 2.07. The molecule has 0 unspecified atom stereocenters. The zero-order chi connectivity index (χ0) is 15.1. The predicted octanol–water partition coefficient (Wildman–Crippen LogP) is 2.48. The second kappa shape index (κ2) is 6.96. The molecule has 0 aliphatic heterocycles. The zero-order valence-electron chi connectivity index (χ0n) is 11.2. The minimum Gasteiger partial charge on any atom is -0.508 e. The van der Waals surface area contributed by atoms with E-state index in [1.54, 1.807) is 48.5 Å². The summed E-state index contributed by atoms with van der Waals surface area (Å²) in [6, 6.07) is 15.3. The van der Waals surface area contributed by atoms with Crippen LogP contribution in [0.4, 0.5) is 5.69 Å². The van der Waals surface area contributed by atoms with Crippen molar-refractivity contribution < 1.29 is 14.6 Å². The Kier molecular flexibility index (Phi) is 4.78. The van der Waals surface area contributed by atoms with E-state index in [1.165, 1.54) is 0 Å². The van der Waals surface area contributed by atoms with Crippen LogP contribution in [0.3, 0.4) is 0 Å². The molecule has 0 spiro atoms. The van der Waals surface area contributed by atoms with Crippen molar-refractivity contribution in [1.82, 2.24) is 0 Å². The molecule has 2 rings (SSSR count). The lowest BCUT2D eigenvalue weighted by molar-refractivity contribution is -0.115. The maximum Gasteiger partial charge on any atom is 0.228 e. The topological polar surface area (TPSA) is 82.3 Å². The van der Waals surface area contributed by atoms with Crippen molar-refractivity contribution in [2.45, 2.75) is 6.42 Å². The van der Waals surface area contributed by atoms with Gasteiger partial charge in [-0.3, -0.25) is 4.79 Å². The van der Waals surface area contributed by atoms with Gasteiger partial charge in [0, 0.05) is 11.3 Å². The molecule has 0 fully saturated rings. The fourth-order valence-corrected chi connectivity index (χ4v) is 1.79. The molecule has 0 aliphatic rings. The van der Waals surface area contributed by atoms with Crippen molar-refractivity contribution in [3.8, 4) is 17.6 Å². The van der Waals surface area contributed by atoms with E-state index < -0.39 is 0 Å². The number of carbonyl (C=O) groups excluding carboxylic acids is 1. The molecule has 0 atom stereocenters. The van der Waals surface area contributed by atoms with Gasteiger partial charge in [-0.25, -0.2) is 0 Å². The van der Waals surface area contributed by atoms with Crippen LogP contribution in [0.25, 0.3) is 0 Å². The first-order valence-corrected chi connectivity index (χ1v) is 6.35. The van der Waals surface area contributed by atoms with E-state index in [-0.39, 0.29) is 24.7 Å². The number of carbonyl (C=O) groups is 1. The Morgan fingerprint density at radius 3 is 2.57 bits per heavy atom. The van der Waals surface area contributed by atoms with Crippen molar-refractivity contribution in [1.29, 1.82) is 5.26 Å². The van der Waals surface area contributed by atoms with E-state index in [4.69, 9.17) is 10.00 Å². The number of aromatic hydroxyl groups is 1. The van der Waals surface area contributed by atoms with Gasteiger partial charge < -0.3 is 15.2 Å². The Labute approximate surface area is 122 Å². The van der Waals surface area contributed by atoms with Gasteiger partial charge in [-0.1, -0.05) is 18.2 Å². The molecule has 2 aromatic carbocycles. The van der Waals surface area contributed by atoms with Crippen molar-refractivity contribution >= 4 is 11.6 Å². The third kappa shape index (κ3) is 4.25. The molecule has 0 aromatic heterocycles. The van der Waals surface area contributed by atoms with Gasteiger partial charge in [-0.2, -0.15) is 5.26 Å². The molecule has 0 bridgehead atoms. The largest absolute Gasteiger partial charge is 0.508 e. The van der Waals surface area contributed by atoms with Gasteiger partial charge in [-0.05, 0) is 30.3 Å². The Balaban J connectivity index is 1.94. The number of hydrogen-bond donors (Lipinski definition) is 2. The van der Waals surface area contributed by atoms with Gasteiger partial charge in [0.1, 0.15) is 17.6 Å². The first kappa shape index (κ1) is 14.4. The number of hydrogen-bond acceptors (Lipinski definition) is 4. The first-order chi connectivity index (χ1) is 10.2. The number of nitrogens with one attached hydrogen (secondary N) is 1. The third-order valence-electron chi connectivity index (χ3n) is 2.78. The van der Waals surface area contributed by atoms with Crippen LogP contribution in [0.15, 0.2) is 48.5 Å². The van der Waals surface area contributed by atoms with Crippen LogP contribution in [0.1, 0.15) is 5.56 Å². The molecular weight excluding hydrogens is 268 g/mol. The molecular formula is C16H14N2O3. The van der Waals surface area contributed by atoms with Crippen LogP contribution in [0.2, 0.25) is 0 Å². The molecule has 106 valence electrons. The summed E-state index contributed by atoms with van der Waals surface area (Å²) in [6.07, 6.45) is 0.0966. The molecule has 1 amide bonds. The number of para-hydroxylation sites is 1. The second-order valence-corrected chi connectivity index (χ2v) is 4.32. The highest BCUT2D eigenvalue weighted by atomic mass is 16.5. The van der Waals surface area contributed by atoms with Gasteiger partial charge in [0.05, 0.1) is 6.42 Å². The van der Waals surface area contributed by atoms with E-state index >= 15 is 0 Å². The minimum absolute atomic E-state index is 0.0149. The summed E-state index contributed by atoms with van der Waals surface area (Å²) in [4.78, 5) is 11.9. The number of ether oxygens (including phenoxy) is 1. The van der Waals surface area contributed by atoms with Crippen LogP contribution >= 0.6 is 0 Å². The van der Waals surface area contributed by atoms with Crippen molar-refractivity contribution in [2.75, 3.05) is 11.9 Å². The van der Waals surface area contributed by atoms with Crippen LogP contribution in [-0.4, -0.2) is 17.6 Å². The summed E-state index contributed by atoms with van der Waals surface area (Å²) in [5, 5.41) is 20.8. The van der Waals surface area contributed by atoms with E-state index in [1.807, 2.05) is 6.07 Å². The Bertz CT molecular complexity index is 660. The fourth-order valence-electron chi connectivity index (χ4n) is 1.79. The molecule has 0 saturated heterocycles. The summed E-state index contributed by atoms with van der Waals surface area (Å²) in [6.45, 7) is -0.0149. The number of rotatable bonds is 5. The van der Waals surface area contributed by atoms with Crippen molar-refractivity contribution in [3.05, 3.63) is 54.1 Å².